The van der Waals surface area contributed by atoms with E-state index in [9.17, 15) is 0 Å². The van der Waals surface area contributed by atoms with E-state index in [0.29, 0.717) is 5.02 Å². The molecular formula is C9H7BrCl2. The van der Waals surface area contributed by atoms with Gasteiger partial charge in [0.05, 0.1) is 0 Å². The van der Waals surface area contributed by atoms with E-state index >= 15 is 0 Å². The highest BCUT2D eigenvalue weighted by Crippen LogP contribution is 2.21. The third-order valence-electron chi connectivity index (χ3n) is 1.34. The lowest BCUT2D eigenvalue weighted by atomic mass is 10.2. The minimum Gasteiger partial charge on any atom is -0.0883 e. The molecule has 3 heteroatoms. The van der Waals surface area contributed by atoms with Crippen molar-refractivity contribution < 1.29 is 0 Å². The van der Waals surface area contributed by atoms with Crippen LogP contribution in [0.5, 0.6) is 0 Å². The van der Waals surface area contributed by atoms with Crippen molar-refractivity contribution in [3.63, 3.8) is 0 Å². The van der Waals surface area contributed by atoms with Crippen molar-refractivity contribution in [2.45, 2.75) is 0 Å². The van der Waals surface area contributed by atoms with Gasteiger partial charge in [0.15, 0.2) is 0 Å². The van der Waals surface area contributed by atoms with Crippen LogP contribution in [-0.2, 0) is 0 Å². The van der Waals surface area contributed by atoms with Gasteiger partial charge >= 0.3 is 0 Å². The van der Waals surface area contributed by atoms with Crippen LogP contribution in [0.3, 0.4) is 0 Å². The van der Waals surface area contributed by atoms with Crippen LogP contribution in [0.4, 0.5) is 0 Å². The summed E-state index contributed by atoms with van der Waals surface area (Å²) in [6.07, 6.45) is 3.90. The second-order valence-electron chi connectivity index (χ2n) is 2.22. The third-order valence-corrected chi connectivity index (χ3v) is 2.30. The van der Waals surface area contributed by atoms with Crippen LogP contribution in [0.1, 0.15) is 5.56 Å². The van der Waals surface area contributed by atoms with Gasteiger partial charge in [-0.2, -0.15) is 0 Å². The number of hydrogen-bond acceptors (Lipinski definition) is 0. The Hall–Kier alpha value is 0.0200. The quantitative estimate of drug-likeness (QED) is 0.696. The zero-order valence-electron chi connectivity index (χ0n) is 6.23. The van der Waals surface area contributed by atoms with Gasteiger partial charge in [0.2, 0.25) is 0 Å². The van der Waals surface area contributed by atoms with Crippen LogP contribution in [0.25, 0.3) is 6.08 Å². The number of alkyl halides is 1. The maximum atomic E-state index is 5.91. The summed E-state index contributed by atoms with van der Waals surface area (Å²) in [5.74, 6) is 0. The van der Waals surface area contributed by atoms with Crippen molar-refractivity contribution in [2.24, 2.45) is 0 Å². The van der Waals surface area contributed by atoms with Crippen molar-refractivity contribution in [3.8, 4) is 0 Å². The minimum absolute atomic E-state index is 0.702. The highest BCUT2D eigenvalue weighted by atomic mass is 79.9. The van der Waals surface area contributed by atoms with Gasteiger partial charge in [-0.25, -0.2) is 0 Å². The molecule has 0 aliphatic rings. The Morgan fingerprint density at radius 2 is 2.08 bits per heavy atom. The topological polar surface area (TPSA) is 0 Å². The molecule has 0 radical (unpaired) electrons. The molecule has 0 spiro atoms. The van der Waals surface area contributed by atoms with Gasteiger partial charge in [0, 0.05) is 15.4 Å². The minimum atomic E-state index is 0.702. The van der Waals surface area contributed by atoms with E-state index in [2.05, 4.69) is 15.9 Å². The standard InChI is InChI=1S/C9H7BrCl2/c10-5-1-2-7-6-8(11)3-4-9(7)12/h1-4,6H,5H2. The van der Waals surface area contributed by atoms with Gasteiger partial charge in [-0.15, -0.1) is 0 Å². The smallest absolute Gasteiger partial charge is 0.0479 e. The summed E-state index contributed by atoms with van der Waals surface area (Å²) in [6.45, 7) is 0. The van der Waals surface area contributed by atoms with E-state index in [4.69, 9.17) is 23.2 Å². The van der Waals surface area contributed by atoms with Gasteiger partial charge in [-0.3, -0.25) is 0 Å². The molecule has 0 unspecified atom stereocenters. The van der Waals surface area contributed by atoms with Crippen LogP contribution in [0.15, 0.2) is 24.3 Å². The van der Waals surface area contributed by atoms with E-state index in [1.54, 1.807) is 12.1 Å². The molecule has 0 amide bonds. The van der Waals surface area contributed by atoms with Crippen LogP contribution >= 0.6 is 39.1 Å². The van der Waals surface area contributed by atoms with Crippen LogP contribution in [0, 0.1) is 0 Å². The first-order valence-electron chi connectivity index (χ1n) is 3.41. The fourth-order valence-corrected chi connectivity index (χ4v) is 1.36. The van der Waals surface area contributed by atoms with Crippen molar-refractivity contribution in [1.82, 2.24) is 0 Å². The largest absolute Gasteiger partial charge is 0.0883 e. The predicted octanol–water partition coefficient (Wildman–Crippen LogP) is 4.40. The molecule has 0 aliphatic carbocycles. The molecule has 0 fully saturated rings. The molecular weight excluding hydrogens is 259 g/mol. The Balaban J connectivity index is 2.97. The summed E-state index contributed by atoms with van der Waals surface area (Å²) in [5, 5.41) is 2.24. The fraction of sp³-hybridized carbons (Fsp3) is 0.111. The van der Waals surface area contributed by atoms with E-state index in [0.717, 1.165) is 15.9 Å². The zero-order valence-corrected chi connectivity index (χ0v) is 9.33. The van der Waals surface area contributed by atoms with Crippen LogP contribution in [-0.4, -0.2) is 5.33 Å². The lowest BCUT2D eigenvalue weighted by Gasteiger charge is -1.97. The maximum Gasteiger partial charge on any atom is 0.0479 e. The molecule has 0 aromatic heterocycles. The molecule has 1 aromatic carbocycles. The summed E-state index contributed by atoms with van der Waals surface area (Å²) < 4.78 is 0. The molecule has 0 atom stereocenters. The van der Waals surface area contributed by atoms with Crippen molar-refractivity contribution in [1.29, 1.82) is 0 Å². The van der Waals surface area contributed by atoms with E-state index in [-0.39, 0.29) is 0 Å². The molecule has 1 aromatic rings. The highest BCUT2D eigenvalue weighted by molar-refractivity contribution is 9.09. The summed E-state index contributed by atoms with van der Waals surface area (Å²) in [7, 11) is 0. The van der Waals surface area contributed by atoms with Gasteiger partial charge in [-0.05, 0) is 23.8 Å². The van der Waals surface area contributed by atoms with Gasteiger partial charge < -0.3 is 0 Å². The first-order chi connectivity index (χ1) is 5.74. The summed E-state index contributed by atoms with van der Waals surface area (Å²) in [4.78, 5) is 0. The van der Waals surface area contributed by atoms with E-state index in [1.807, 2.05) is 18.2 Å². The number of halogens is 3. The normalized spacial score (nSPS) is 10.9. The van der Waals surface area contributed by atoms with Crippen LogP contribution < -0.4 is 0 Å². The Labute approximate surface area is 90.3 Å². The second-order valence-corrected chi connectivity index (χ2v) is 3.71. The Bertz CT molecular complexity index is 295. The van der Waals surface area contributed by atoms with E-state index in [1.165, 1.54) is 0 Å². The monoisotopic (exact) mass is 264 g/mol. The van der Waals surface area contributed by atoms with Crippen LogP contribution in [0.2, 0.25) is 10.0 Å². The number of benzene rings is 1. The summed E-state index contributed by atoms with van der Waals surface area (Å²) in [6, 6.07) is 5.40. The summed E-state index contributed by atoms with van der Waals surface area (Å²) in [5.41, 5.74) is 0.948. The van der Waals surface area contributed by atoms with Crippen molar-refractivity contribution in [3.05, 3.63) is 39.9 Å². The molecule has 0 aliphatic heterocycles. The second kappa shape index (κ2) is 4.90. The zero-order chi connectivity index (χ0) is 8.97. The molecule has 0 saturated heterocycles. The molecule has 12 heavy (non-hydrogen) atoms. The first-order valence-corrected chi connectivity index (χ1v) is 5.29. The highest BCUT2D eigenvalue weighted by Gasteiger charge is 1.96. The molecule has 1 rings (SSSR count). The molecule has 0 nitrogen and oxygen atoms in total. The number of allylic oxidation sites excluding steroid dienone is 1. The van der Waals surface area contributed by atoms with Gasteiger partial charge in [0.25, 0.3) is 0 Å². The Morgan fingerprint density at radius 1 is 1.33 bits per heavy atom. The molecule has 0 saturated carbocycles. The van der Waals surface area contributed by atoms with Crippen molar-refractivity contribution in [2.75, 3.05) is 5.33 Å². The Morgan fingerprint density at radius 3 is 2.75 bits per heavy atom. The van der Waals surface area contributed by atoms with E-state index < -0.39 is 0 Å². The average molecular weight is 266 g/mol. The fourth-order valence-electron chi connectivity index (χ4n) is 0.814. The molecule has 0 N–H and O–H groups in total. The first kappa shape index (κ1) is 10.1. The molecule has 0 heterocycles. The van der Waals surface area contributed by atoms with Crippen molar-refractivity contribution >= 4 is 45.2 Å². The third kappa shape index (κ3) is 2.81. The van der Waals surface area contributed by atoms with Gasteiger partial charge in [0.1, 0.15) is 0 Å². The molecule has 0 bridgehead atoms. The summed E-state index contributed by atoms with van der Waals surface area (Å²) >= 11 is 15.0. The molecule has 64 valence electrons. The lowest BCUT2D eigenvalue weighted by molar-refractivity contribution is 1.64. The van der Waals surface area contributed by atoms with Gasteiger partial charge in [-0.1, -0.05) is 51.3 Å². The lowest BCUT2D eigenvalue weighted by Crippen LogP contribution is -1.74. The number of rotatable bonds is 2. The SMILES string of the molecule is Clc1ccc(Cl)c(C=CCBr)c1. The maximum absolute atomic E-state index is 5.91. The Kier molecular flexibility index (Phi) is 4.13. The average Bonchev–Trinajstić information content (AvgIpc) is 2.07. The number of hydrogen-bond donors (Lipinski definition) is 0. The predicted molar refractivity (Wildman–Crippen MR) is 59.3 cm³/mol.